The molecule has 0 saturated heterocycles. The number of fused-ring (bicyclic) bond motifs is 24. The second kappa shape index (κ2) is 26.2. The highest BCUT2D eigenvalue weighted by atomic mass is 15.2. The van der Waals surface area contributed by atoms with Gasteiger partial charge in [0, 0.05) is 115 Å². The molecule has 6 nitrogen and oxygen atoms in total. The highest BCUT2D eigenvalue weighted by Crippen LogP contribution is 2.53. The Morgan fingerprint density at radius 1 is 0.169 bits per heavy atom. The van der Waals surface area contributed by atoms with Crippen LogP contribution in [-0.2, 0) is 43.3 Å². The van der Waals surface area contributed by atoms with Crippen LogP contribution in [0.15, 0.2) is 243 Å². The van der Waals surface area contributed by atoms with Crippen molar-refractivity contribution in [2.45, 2.75) is 223 Å². The Balaban J connectivity index is 0.000000153. The zero-order chi connectivity index (χ0) is 87.2. The molecule has 0 aliphatic heterocycles. The number of nitrogens with zero attached hydrogens (tertiary/aromatic N) is 6. The molecule has 620 valence electrons. The number of para-hydroxylation sites is 2. The van der Waals surface area contributed by atoms with Gasteiger partial charge in [-0.3, -0.25) is 0 Å². The minimum Gasteiger partial charge on any atom is -0.310 e. The van der Waals surface area contributed by atoms with Crippen molar-refractivity contribution >= 4 is 187 Å². The Hall–Kier alpha value is -12.1. The molecule has 0 fully saturated rings. The fourth-order valence-corrected chi connectivity index (χ4v) is 20.9. The van der Waals surface area contributed by atoms with E-state index in [0.29, 0.717) is 0 Å². The van der Waals surface area contributed by atoms with Gasteiger partial charge in [-0.1, -0.05) is 251 Å². The summed E-state index contributed by atoms with van der Waals surface area (Å²) in [5.74, 6) is 0. The van der Waals surface area contributed by atoms with Gasteiger partial charge in [-0.2, -0.15) is 0 Å². The first kappa shape index (κ1) is 79.1. The lowest BCUT2D eigenvalue weighted by Gasteiger charge is -2.28. The fraction of sp³-hybridized carbons (Fsp3) is 0.288. The number of benzene rings is 14. The molecule has 0 spiro atoms. The highest BCUT2D eigenvalue weighted by Gasteiger charge is 2.33. The summed E-state index contributed by atoms with van der Waals surface area (Å²) in [6, 6.07) is 94.6. The Labute approximate surface area is 730 Å². The second-order valence-electron chi connectivity index (χ2n) is 45.0. The van der Waals surface area contributed by atoms with Crippen molar-refractivity contribution in [1.29, 1.82) is 0 Å². The van der Waals surface area contributed by atoms with E-state index >= 15 is 0 Å². The predicted molar refractivity (Wildman–Crippen MR) is 540 cm³/mol. The van der Waals surface area contributed by atoms with E-state index in [4.69, 9.17) is 0 Å². The topological polar surface area (TPSA) is 24.1 Å². The van der Waals surface area contributed by atoms with Gasteiger partial charge in [0.25, 0.3) is 0 Å². The van der Waals surface area contributed by atoms with Crippen LogP contribution in [0, 0.1) is 13.8 Å². The molecule has 0 radical (unpaired) electrons. The van der Waals surface area contributed by atoms with E-state index in [2.05, 4.69) is 450 Å². The summed E-state index contributed by atoms with van der Waals surface area (Å²) in [5.41, 5.74) is 36.0. The van der Waals surface area contributed by atoms with Gasteiger partial charge < -0.3 is 27.4 Å². The van der Waals surface area contributed by atoms with Crippen LogP contribution in [0.3, 0.4) is 0 Å². The summed E-state index contributed by atoms with van der Waals surface area (Å²) in [7, 11) is 0. The molecule has 14 aromatic carbocycles. The molecule has 0 aliphatic rings. The molecule has 0 bridgehead atoms. The van der Waals surface area contributed by atoms with Gasteiger partial charge >= 0.3 is 0 Å². The van der Waals surface area contributed by atoms with E-state index < -0.39 is 0 Å². The van der Waals surface area contributed by atoms with Crippen molar-refractivity contribution in [3.05, 3.63) is 298 Å². The lowest BCUT2D eigenvalue weighted by Crippen LogP contribution is -2.14. The lowest BCUT2D eigenvalue weighted by atomic mass is 9.84. The third-order valence-corrected chi connectivity index (χ3v) is 28.1. The van der Waals surface area contributed by atoms with Crippen molar-refractivity contribution < 1.29 is 0 Å². The first-order chi connectivity index (χ1) is 58.4. The molecule has 124 heavy (non-hydrogen) atoms. The molecule has 6 heteroatoms. The van der Waals surface area contributed by atoms with E-state index in [1.807, 2.05) is 0 Å². The SMILES string of the molecule is CC(C)(C)c1ccc(N(c2ccc(C(C)(C)C)cc2)c2ccc3c4cc(C(C)(C)C)cc5c6cc7c(cc6n(c3c2)c45)c2cc(C(C)(C)C)cc3c4cc(C(C)(C)C)ccc4n7c32)cc1.Cc1cccc(C)c1N(c1ccccc1)c1ccc2c3cc(C(C)(C)C)cc4c5cc6c(cc5n(c2c1)c34)c1cc(C(C)(C)C)cc2c3cc(C(C)(C)C)ccc3n6c21. The molecule has 8 aromatic heterocycles. The minimum atomic E-state index is -0.0269. The van der Waals surface area contributed by atoms with Crippen LogP contribution in [0.4, 0.5) is 34.1 Å². The van der Waals surface area contributed by atoms with Crippen LogP contribution < -0.4 is 9.80 Å². The normalized spacial score (nSPS) is 13.6. The van der Waals surface area contributed by atoms with E-state index in [9.17, 15) is 0 Å². The average Bonchev–Trinajstić information content (AvgIpc) is 1.52. The first-order valence-corrected chi connectivity index (χ1v) is 45.2. The number of anilines is 6. The Kier molecular flexibility index (Phi) is 16.7. The van der Waals surface area contributed by atoms with Gasteiger partial charge in [-0.05, 0) is 271 Å². The van der Waals surface area contributed by atoms with Crippen LogP contribution in [0.2, 0.25) is 0 Å². The monoisotopic (exact) mass is 1620 g/mol. The summed E-state index contributed by atoms with van der Waals surface area (Å²) in [6.45, 7) is 60.3. The summed E-state index contributed by atoms with van der Waals surface area (Å²) in [6.07, 6.45) is 0. The maximum absolute atomic E-state index is 2.60. The van der Waals surface area contributed by atoms with Crippen LogP contribution in [0.5, 0.6) is 0 Å². The van der Waals surface area contributed by atoms with E-state index in [1.165, 1.54) is 214 Å². The quantitative estimate of drug-likeness (QED) is 0.166. The van der Waals surface area contributed by atoms with Gasteiger partial charge in [-0.15, -0.1) is 0 Å². The summed E-state index contributed by atoms with van der Waals surface area (Å²) >= 11 is 0. The van der Waals surface area contributed by atoms with Gasteiger partial charge in [0.05, 0.1) is 71.9 Å². The Morgan fingerprint density at radius 2 is 0.403 bits per heavy atom. The first-order valence-electron chi connectivity index (χ1n) is 45.2. The second-order valence-corrected chi connectivity index (χ2v) is 45.0. The van der Waals surface area contributed by atoms with Gasteiger partial charge in [0.15, 0.2) is 0 Å². The van der Waals surface area contributed by atoms with Crippen molar-refractivity contribution in [3.8, 4) is 0 Å². The van der Waals surface area contributed by atoms with E-state index in [-0.39, 0.29) is 43.3 Å². The number of hydrogen-bond acceptors (Lipinski definition) is 2. The van der Waals surface area contributed by atoms with Gasteiger partial charge in [0.1, 0.15) is 0 Å². The molecule has 0 aliphatic carbocycles. The largest absolute Gasteiger partial charge is 0.310 e. The maximum Gasteiger partial charge on any atom is 0.0620 e. The van der Waals surface area contributed by atoms with Crippen LogP contribution >= 0.6 is 0 Å². The smallest absolute Gasteiger partial charge is 0.0620 e. The number of aryl methyl sites for hydroxylation is 2. The minimum absolute atomic E-state index is 0.000884. The zero-order valence-corrected chi connectivity index (χ0v) is 77.8. The molecule has 0 saturated carbocycles. The third-order valence-electron chi connectivity index (χ3n) is 28.1. The van der Waals surface area contributed by atoms with Crippen LogP contribution in [0.1, 0.15) is 222 Å². The fourth-order valence-electron chi connectivity index (χ4n) is 20.9. The molecule has 0 unspecified atom stereocenters. The molecular formula is C118H118N6. The third kappa shape index (κ3) is 12.0. The predicted octanol–water partition coefficient (Wildman–Crippen LogP) is 33.9. The number of hydrogen-bond donors (Lipinski definition) is 0. The van der Waals surface area contributed by atoms with Crippen LogP contribution in [0.25, 0.3) is 152 Å². The van der Waals surface area contributed by atoms with Crippen molar-refractivity contribution in [2.24, 2.45) is 0 Å². The summed E-state index contributed by atoms with van der Waals surface area (Å²) in [5, 5.41) is 21.2. The molecule has 22 rings (SSSR count). The van der Waals surface area contributed by atoms with Crippen LogP contribution in [-0.4, -0.2) is 17.6 Å². The molecule has 0 amide bonds. The number of rotatable bonds is 6. The molecular weight excluding hydrogens is 1500 g/mol. The van der Waals surface area contributed by atoms with Crippen molar-refractivity contribution in [3.63, 3.8) is 0 Å². The van der Waals surface area contributed by atoms with Gasteiger partial charge in [-0.25, -0.2) is 0 Å². The van der Waals surface area contributed by atoms with Crippen molar-refractivity contribution in [1.82, 2.24) is 17.6 Å². The zero-order valence-electron chi connectivity index (χ0n) is 77.8. The summed E-state index contributed by atoms with van der Waals surface area (Å²) < 4.78 is 10.3. The maximum atomic E-state index is 2.60. The number of aromatic nitrogens is 4. The Morgan fingerprint density at radius 3 is 0.702 bits per heavy atom. The standard InChI is InChI=1S/C62H65N3.C56H53N3/c1-58(2,3)36-16-21-41(22-17-36)63(42-23-18-37(19-24-42)59(4,5)6)43-25-26-44-48-29-39(61(10,11)12)31-50-47-34-54-46(35-55(47)65(56(48)50)53(44)33-43)51-32-40(62(13,14)15)30-49-45-28-38(60(7,8)9)20-27-52(45)64(54)57(49)51;1-32-16-15-17-33(2)51(32)57(37-18-13-12-14-19-37)38-21-22-39-43-25-35(55(6,7)8)27-45-42-30-49-41(31-50(42)59(52(43)45)48(39)29-38)46-28-36(56(9,10)11)26-44-40-24-34(54(3,4)5)20-23-47(40)58(49)53(44)46/h16-35H,1-15H3;12-31H,1-11H3. The molecule has 8 heterocycles. The molecule has 22 aromatic rings. The lowest BCUT2D eigenvalue weighted by molar-refractivity contribution is 0.590. The van der Waals surface area contributed by atoms with E-state index in [0.717, 1.165) is 28.4 Å². The van der Waals surface area contributed by atoms with Crippen molar-refractivity contribution in [2.75, 3.05) is 9.80 Å². The van der Waals surface area contributed by atoms with Gasteiger partial charge in [0.2, 0.25) is 0 Å². The van der Waals surface area contributed by atoms with E-state index in [1.54, 1.807) is 0 Å². The molecule has 0 N–H and O–H groups in total. The average molecular weight is 1620 g/mol. The highest BCUT2D eigenvalue weighted by molar-refractivity contribution is 6.32. The Bertz CT molecular complexity index is 8070. The summed E-state index contributed by atoms with van der Waals surface area (Å²) in [4.78, 5) is 4.90. The molecule has 0 atom stereocenters.